The van der Waals surface area contributed by atoms with Gasteiger partial charge in [0.2, 0.25) is 0 Å². The third-order valence-electron chi connectivity index (χ3n) is 3.05. The maximum atomic E-state index is 12.0. The molecule has 0 aliphatic heterocycles. The topological polar surface area (TPSA) is 53.5 Å². The Labute approximate surface area is 135 Å². The molecular formula is C17H18ClN3O. The maximum absolute atomic E-state index is 12.0. The lowest BCUT2D eigenvalue weighted by Gasteiger charge is -2.13. The molecule has 2 N–H and O–H groups in total. The Balaban J connectivity index is 1.87. The van der Waals surface area contributed by atoms with Crippen LogP contribution in [0.1, 0.15) is 18.1 Å². The monoisotopic (exact) mass is 315 g/mol. The lowest BCUT2D eigenvalue weighted by Crippen LogP contribution is -2.34. The number of carbonyl (C=O) groups is 1. The fourth-order valence-electron chi connectivity index (χ4n) is 1.87. The Bertz CT molecular complexity index is 668. The van der Waals surface area contributed by atoms with Gasteiger partial charge in [-0.15, -0.1) is 0 Å². The number of halogens is 1. The molecule has 0 saturated heterocycles. The molecule has 0 unspecified atom stereocenters. The summed E-state index contributed by atoms with van der Waals surface area (Å²) < 4.78 is 0. The normalized spacial score (nSPS) is 12.1. The van der Waals surface area contributed by atoms with Gasteiger partial charge in [0.05, 0.1) is 6.21 Å². The van der Waals surface area contributed by atoms with Crippen LogP contribution in [0.2, 0.25) is 5.02 Å². The van der Waals surface area contributed by atoms with E-state index in [-0.39, 0.29) is 11.9 Å². The van der Waals surface area contributed by atoms with Crippen LogP contribution in [-0.2, 0) is 4.79 Å². The van der Waals surface area contributed by atoms with Gasteiger partial charge in [-0.1, -0.05) is 35.9 Å². The van der Waals surface area contributed by atoms with Crippen LogP contribution in [0.5, 0.6) is 0 Å². The van der Waals surface area contributed by atoms with Gasteiger partial charge >= 0.3 is 0 Å². The number of hydrogen-bond donors (Lipinski definition) is 2. The molecule has 0 radical (unpaired) electrons. The molecule has 0 bridgehead atoms. The Hall–Kier alpha value is -2.33. The molecule has 0 spiro atoms. The molecule has 0 fully saturated rings. The number of benzene rings is 2. The first-order valence-electron chi connectivity index (χ1n) is 6.96. The molecular weight excluding hydrogens is 298 g/mol. The van der Waals surface area contributed by atoms with E-state index in [1.165, 1.54) is 0 Å². The van der Waals surface area contributed by atoms with Gasteiger partial charge in [-0.2, -0.15) is 5.10 Å². The van der Waals surface area contributed by atoms with Crippen molar-refractivity contribution < 1.29 is 4.79 Å². The van der Waals surface area contributed by atoms with Crippen LogP contribution in [0.25, 0.3) is 0 Å². The number of carbonyl (C=O) groups excluding carboxylic acids is 1. The third kappa shape index (κ3) is 4.90. The first kappa shape index (κ1) is 16.0. The second-order valence-corrected chi connectivity index (χ2v) is 5.46. The minimum atomic E-state index is -0.385. The molecule has 1 atom stereocenters. The van der Waals surface area contributed by atoms with Crippen molar-refractivity contribution >= 4 is 29.4 Å². The van der Waals surface area contributed by atoms with Crippen LogP contribution in [0, 0.1) is 6.92 Å². The molecule has 2 rings (SSSR count). The molecule has 114 valence electrons. The first-order chi connectivity index (χ1) is 10.5. The molecule has 1 amide bonds. The van der Waals surface area contributed by atoms with E-state index < -0.39 is 0 Å². The van der Waals surface area contributed by atoms with Crippen LogP contribution >= 0.6 is 11.6 Å². The van der Waals surface area contributed by atoms with E-state index >= 15 is 0 Å². The quantitative estimate of drug-likeness (QED) is 0.654. The van der Waals surface area contributed by atoms with Gasteiger partial charge in [0.25, 0.3) is 5.91 Å². The van der Waals surface area contributed by atoms with Crippen molar-refractivity contribution in [1.29, 1.82) is 0 Å². The van der Waals surface area contributed by atoms with Crippen molar-refractivity contribution in [1.82, 2.24) is 5.43 Å². The number of amides is 1. The van der Waals surface area contributed by atoms with E-state index in [1.54, 1.807) is 25.3 Å². The van der Waals surface area contributed by atoms with E-state index in [1.807, 2.05) is 43.3 Å². The predicted molar refractivity (Wildman–Crippen MR) is 91.5 cm³/mol. The summed E-state index contributed by atoms with van der Waals surface area (Å²) in [5.74, 6) is -0.202. The van der Waals surface area contributed by atoms with Gasteiger partial charge < -0.3 is 5.32 Å². The number of rotatable bonds is 5. The lowest BCUT2D eigenvalue weighted by atomic mass is 10.2. The highest BCUT2D eigenvalue weighted by Gasteiger charge is 2.11. The maximum Gasteiger partial charge on any atom is 0.262 e. The Morgan fingerprint density at radius 3 is 2.64 bits per heavy atom. The van der Waals surface area contributed by atoms with Crippen LogP contribution in [-0.4, -0.2) is 18.2 Å². The number of hydrogen-bond acceptors (Lipinski definition) is 3. The van der Waals surface area contributed by atoms with E-state index in [0.29, 0.717) is 5.02 Å². The third-order valence-corrected chi connectivity index (χ3v) is 3.30. The van der Waals surface area contributed by atoms with Crippen molar-refractivity contribution in [3.05, 3.63) is 64.7 Å². The van der Waals surface area contributed by atoms with Crippen LogP contribution in [0.3, 0.4) is 0 Å². The SMILES string of the molecule is Cc1cccc(N[C@H](C)C(=O)NN=Cc2ccc(Cl)cc2)c1. The van der Waals surface area contributed by atoms with Gasteiger partial charge in [0.1, 0.15) is 6.04 Å². The molecule has 2 aromatic carbocycles. The van der Waals surface area contributed by atoms with Crippen LogP contribution in [0.4, 0.5) is 5.69 Å². The van der Waals surface area contributed by atoms with Crippen molar-refractivity contribution in [3.8, 4) is 0 Å². The van der Waals surface area contributed by atoms with Crippen molar-refractivity contribution in [2.24, 2.45) is 5.10 Å². The van der Waals surface area contributed by atoms with Crippen LogP contribution in [0.15, 0.2) is 53.6 Å². The number of hydrazone groups is 1. The van der Waals surface area contributed by atoms with Gasteiger partial charge in [-0.05, 0) is 49.2 Å². The summed E-state index contributed by atoms with van der Waals surface area (Å²) in [6.45, 7) is 3.79. The molecule has 0 aromatic heterocycles. The number of aryl methyl sites for hydroxylation is 1. The number of nitrogens with zero attached hydrogens (tertiary/aromatic N) is 1. The summed E-state index contributed by atoms with van der Waals surface area (Å²) in [6.07, 6.45) is 1.58. The Kier molecular flexibility index (Phi) is 5.55. The summed E-state index contributed by atoms with van der Waals surface area (Å²) in [4.78, 5) is 12.0. The molecule has 0 heterocycles. The average molecular weight is 316 g/mol. The zero-order chi connectivity index (χ0) is 15.9. The minimum Gasteiger partial charge on any atom is -0.374 e. The average Bonchev–Trinajstić information content (AvgIpc) is 2.49. The summed E-state index contributed by atoms with van der Waals surface area (Å²) in [5, 5.41) is 7.74. The number of anilines is 1. The van der Waals surface area contributed by atoms with Gasteiger partial charge in [0.15, 0.2) is 0 Å². The second kappa shape index (κ2) is 7.61. The van der Waals surface area contributed by atoms with E-state index in [2.05, 4.69) is 15.8 Å². The molecule has 0 aliphatic rings. The van der Waals surface area contributed by atoms with E-state index in [4.69, 9.17) is 11.6 Å². The smallest absolute Gasteiger partial charge is 0.262 e. The number of nitrogens with one attached hydrogen (secondary N) is 2. The zero-order valence-electron chi connectivity index (χ0n) is 12.5. The summed E-state index contributed by atoms with van der Waals surface area (Å²) in [5.41, 5.74) is 5.42. The van der Waals surface area contributed by atoms with Crippen molar-refractivity contribution in [2.45, 2.75) is 19.9 Å². The fraction of sp³-hybridized carbons (Fsp3) is 0.176. The Morgan fingerprint density at radius 2 is 1.95 bits per heavy atom. The second-order valence-electron chi connectivity index (χ2n) is 5.02. The Morgan fingerprint density at radius 1 is 1.23 bits per heavy atom. The fourth-order valence-corrected chi connectivity index (χ4v) is 1.99. The summed E-state index contributed by atoms with van der Waals surface area (Å²) in [6, 6.07) is 14.7. The molecule has 0 saturated carbocycles. The molecule has 4 nitrogen and oxygen atoms in total. The highest BCUT2D eigenvalue weighted by Crippen LogP contribution is 2.11. The molecule has 22 heavy (non-hydrogen) atoms. The lowest BCUT2D eigenvalue weighted by molar-refractivity contribution is -0.121. The molecule has 2 aromatic rings. The van der Waals surface area contributed by atoms with Gasteiger partial charge in [-0.25, -0.2) is 5.43 Å². The van der Waals surface area contributed by atoms with E-state index in [0.717, 1.165) is 16.8 Å². The molecule has 0 aliphatic carbocycles. The van der Waals surface area contributed by atoms with Gasteiger partial charge in [-0.3, -0.25) is 4.79 Å². The van der Waals surface area contributed by atoms with Gasteiger partial charge in [0, 0.05) is 10.7 Å². The summed E-state index contributed by atoms with van der Waals surface area (Å²) >= 11 is 5.80. The van der Waals surface area contributed by atoms with Crippen molar-refractivity contribution in [2.75, 3.05) is 5.32 Å². The van der Waals surface area contributed by atoms with Crippen molar-refractivity contribution in [3.63, 3.8) is 0 Å². The minimum absolute atomic E-state index is 0.202. The van der Waals surface area contributed by atoms with Crippen LogP contribution < -0.4 is 10.7 Å². The molecule has 5 heteroatoms. The predicted octanol–water partition coefficient (Wildman–Crippen LogP) is 3.60. The first-order valence-corrected chi connectivity index (χ1v) is 7.34. The summed E-state index contributed by atoms with van der Waals surface area (Å²) in [7, 11) is 0. The standard InChI is InChI=1S/C17H18ClN3O/c1-12-4-3-5-16(10-12)20-13(2)17(22)21-19-11-14-6-8-15(18)9-7-14/h3-11,13,20H,1-2H3,(H,21,22)/t13-/m1/s1. The van der Waals surface area contributed by atoms with E-state index in [9.17, 15) is 4.79 Å². The highest BCUT2D eigenvalue weighted by molar-refractivity contribution is 6.30. The largest absolute Gasteiger partial charge is 0.374 e. The zero-order valence-corrected chi connectivity index (χ0v) is 13.3. The highest BCUT2D eigenvalue weighted by atomic mass is 35.5.